The van der Waals surface area contributed by atoms with E-state index in [2.05, 4.69) is 5.10 Å². The Labute approximate surface area is 108 Å². The molecule has 0 radical (unpaired) electrons. The maximum atomic E-state index is 13.6. The van der Waals surface area contributed by atoms with E-state index in [9.17, 15) is 26.3 Å². The first kappa shape index (κ1) is 12.9. The van der Waals surface area contributed by atoms with Gasteiger partial charge in [0.25, 0.3) is 0 Å². The van der Waals surface area contributed by atoms with Gasteiger partial charge in [-0.05, 0) is 0 Å². The quantitative estimate of drug-likeness (QED) is 0.342. The van der Waals surface area contributed by atoms with Crippen molar-refractivity contribution in [2.45, 2.75) is 19.1 Å². The number of aromatic nitrogens is 3. The van der Waals surface area contributed by atoms with E-state index < -0.39 is 40.9 Å². The summed E-state index contributed by atoms with van der Waals surface area (Å²) in [5, 5.41) is 3.54. The fourth-order valence-electron chi connectivity index (χ4n) is 2.08. The van der Waals surface area contributed by atoms with Gasteiger partial charge < -0.3 is 0 Å². The average molecular weight is 294 g/mol. The summed E-state index contributed by atoms with van der Waals surface area (Å²) in [5.41, 5.74) is -1.23. The van der Waals surface area contributed by atoms with E-state index in [-0.39, 0.29) is 18.8 Å². The van der Waals surface area contributed by atoms with Gasteiger partial charge in [-0.2, -0.15) is 8.78 Å². The van der Waals surface area contributed by atoms with Gasteiger partial charge in [-0.1, -0.05) is 4.68 Å². The Morgan fingerprint density at radius 2 is 1.55 bits per heavy atom. The van der Waals surface area contributed by atoms with Crippen molar-refractivity contribution in [3.63, 3.8) is 0 Å². The lowest BCUT2D eigenvalue weighted by molar-refractivity contribution is -0.691. The molecule has 1 aliphatic heterocycles. The molecule has 20 heavy (non-hydrogen) atoms. The second kappa shape index (κ2) is 4.22. The largest absolute Gasteiger partial charge is 0.312 e. The van der Waals surface area contributed by atoms with Gasteiger partial charge >= 0.3 is 5.82 Å². The molecule has 2 heterocycles. The molecule has 106 valence electrons. The number of halogens is 6. The van der Waals surface area contributed by atoms with E-state index in [0.29, 0.717) is 4.68 Å². The Morgan fingerprint density at radius 1 is 1.00 bits per heavy atom. The Balaban J connectivity index is 2.23. The lowest BCUT2D eigenvalue weighted by Gasteiger charge is -2.03. The first-order valence-electron chi connectivity index (χ1n) is 5.56. The zero-order valence-corrected chi connectivity index (χ0v) is 9.68. The molecular formula is C11H6F6N3+. The molecule has 0 amide bonds. The maximum absolute atomic E-state index is 13.6. The van der Waals surface area contributed by atoms with E-state index in [0.717, 1.165) is 6.33 Å². The summed E-state index contributed by atoms with van der Waals surface area (Å²) >= 11 is 0. The number of hydrogen-bond donors (Lipinski definition) is 0. The fraction of sp³-hybridized carbons (Fsp3) is 0.273. The molecule has 0 saturated heterocycles. The van der Waals surface area contributed by atoms with Crippen molar-refractivity contribution in [2.75, 3.05) is 0 Å². The third-order valence-corrected chi connectivity index (χ3v) is 3.07. The second-order valence-electron chi connectivity index (χ2n) is 4.29. The van der Waals surface area contributed by atoms with Gasteiger partial charge in [0.15, 0.2) is 6.17 Å². The zero-order valence-electron chi connectivity index (χ0n) is 9.68. The van der Waals surface area contributed by atoms with Gasteiger partial charge in [0.2, 0.25) is 41.1 Å². The topological polar surface area (TPSA) is 21.7 Å². The molecule has 0 unspecified atom stereocenters. The van der Waals surface area contributed by atoms with E-state index in [1.54, 1.807) is 0 Å². The van der Waals surface area contributed by atoms with Crippen LogP contribution in [0.3, 0.4) is 0 Å². The highest BCUT2D eigenvalue weighted by Gasteiger charge is 2.36. The molecule has 0 spiro atoms. The summed E-state index contributed by atoms with van der Waals surface area (Å²) in [4.78, 5) is 0. The van der Waals surface area contributed by atoms with Gasteiger partial charge in [-0.3, -0.25) is 0 Å². The summed E-state index contributed by atoms with van der Waals surface area (Å²) < 4.78 is 81.3. The van der Waals surface area contributed by atoms with Crippen LogP contribution < -0.4 is 4.57 Å². The van der Waals surface area contributed by atoms with Crippen LogP contribution in [0.15, 0.2) is 6.33 Å². The second-order valence-corrected chi connectivity index (χ2v) is 4.29. The molecule has 0 bridgehead atoms. The highest BCUT2D eigenvalue weighted by Crippen LogP contribution is 2.27. The monoisotopic (exact) mass is 294 g/mol. The molecule has 0 saturated carbocycles. The van der Waals surface area contributed by atoms with E-state index in [1.807, 2.05) is 0 Å². The summed E-state index contributed by atoms with van der Waals surface area (Å²) in [6.07, 6.45) is -0.287. The van der Waals surface area contributed by atoms with Crippen LogP contribution in [0.25, 0.3) is 5.69 Å². The maximum Gasteiger partial charge on any atom is 0.312 e. The van der Waals surface area contributed by atoms with Crippen molar-refractivity contribution in [2.24, 2.45) is 0 Å². The Bertz CT molecular complexity index is 682. The summed E-state index contributed by atoms with van der Waals surface area (Å²) in [6, 6.07) is 0. The number of alkyl halides is 1. The van der Waals surface area contributed by atoms with Crippen LogP contribution in [0.2, 0.25) is 0 Å². The van der Waals surface area contributed by atoms with Crippen LogP contribution >= 0.6 is 0 Å². The molecule has 0 N–H and O–H groups in total. The first-order valence-corrected chi connectivity index (χ1v) is 5.56. The number of benzene rings is 1. The molecule has 2 aromatic rings. The van der Waals surface area contributed by atoms with Crippen molar-refractivity contribution >= 4 is 0 Å². The first-order chi connectivity index (χ1) is 9.41. The number of aryl methyl sites for hydroxylation is 1. The summed E-state index contributed by atoms with van der Waals surface area (Å²) in [6.45, 7) is 0.214. The van der Waals surface area contributed by atoms with Gasteiger partial charge in [0.05, 0.1) is 6.54 Å². The van der Waals surface area contributed by atoms with E-state index in [4.69, 9.17) is 0 Å². The Kier molecular flexibility index (Phi) is 2.73. The molecule has 1 aliphatic rings. The number of nitrogens with zero attached hydrogens (tertiary/aromatic N) is 3. The molecule has 1 atom stereocenters. The minimum Gasteiger partial charge on any atom is -0.235 e. The van der Waals surface area contributed by atoms with E-state index in [1.165, 1.54) is 4.57 Å². The molecule has 9 heteroatoms. The minimum atomic E-state index is -2.25. The summed E-state index contributed by atoms with van der Waals surface area (Å²) in [5.74, 6) is -10.5. The SMILES string of the molecule is Fc1c(F)c(F)c(-n2c[n+]3c(n2)[C@@H](F)CC3)c(F)c1F. The number of rotatable bonds is 1. The molecule has 0 fully saturated rings. The molecular weight excluding hydrogens is 288 g/mol. The minimum absolute atomic E-state index is 0.117. The Hall–Kier alpha value is -2.06. The van der Waals surface area contributed by atoms with Gasteiger partial charge in [-0.15, -0.1) is 0 Å². The normalized spacial score (nSPS) is 17.6. The van der Waals surface area contributed by atoms with E-state index >= 15 is 0 Å². The van der Waals surface area contributed by atoms with Crippen LogP contribution in [-0.4, -0.2) is 9.78 Å². The third-order valence-electron chi connectivity index (χ3n) is 3.07. The highest BCUT2D eigenvalue weighted by molar-refractivity contribution is 5.36. The predicted molar refractivity (Wildman–Crippen MR) is 52.0 cm³/mol. The van der Waals surface area contributed by atoms with Crippen molar-refractivity contribution in [3.8, 4) is 5.69 Å². The summed E-state index contributed by atoms with van der Waals surface area (Å²) in [7, 11) is 0. The number of hydrogen-bond acceptors (Lipinski definition) is 1. The highest BCUT2D eigenvalue weighted by atomic mass is 19.2. The van der Waals surface area contributed by atoms with Crippen LogP contribution in [0, 0.1) is 29.1 Å². The van der Waals surface area contributed by atoms with Crippen LogP contribution in [0.5, 0.6) is 0 Å². The Morgan fingerprint density at radius 3 is 2.10 bits per heavy atom. The molecule has 1 aromatic carbocycles. The lowest BCUT2D eigenvalue weighted by atomic mass is 10.2. The van der Waals surface area contributed by atoms with Gasteiger partial charge in [0.1, 0.15) is 0 Å². The molecule has 3 rings (SSSR count). The molecule has 0 aliphatic carbocycles. The standard InChI is InChI=1S/C11H6F6N3/c12-4-1-2-19-3-20(18-11(4)19)10-8(16)6(14)5(13)7(15)9(10)17/h3-4H,1-2H2/q+1/t4-/m0/s1. The van der Waals surface area contributed by atoms with Crippen molar-refractivity contribution < 1.29 is 30.9 Å². The van der Waals surface area contributed by atoms with Crippen LogP contribution in [0.1, 0.15) is 18.4 Å². The predicted octanol–water partition coefficient (Wildman–Crippen LogP) is 2.27. The smallest absolute Gasteiger partial charge is 0.235 e. The third kappa shape index (κ3) is 1.61. The van der Waals surface area contributed by atoms with Crippen LogP contribution in [-0.2, 0) is 6.54 Å². The molecule has 3 nitrogen and oxygen atoms in total. The van der Waals surface area contributed by atoms with Gasteiger partial charge in [0, 0.05) is 11.5 Å². The zero-order chi connectivity index (χ0) is 14.6. The van der Waals surface area contributed by atoms with Crippen molar-refractivity contribution in [3.05, 3.63) is 41.2 Å². The number of fused-ring (bicyclic) bond motifs is 1. The van der Waals surface area contributed by atoms with Gasteiger partial charge in [-0.25, -0.2) is 22.1 Å². The average Bonchev–Trinajstić information content (AvgIpc) is 2.97. The van der Waals surface area contributed by atoms with Crippen molar-refractivity contribution in [1.82, 2.24) is 9.78 Å². The molecule has 1 aromatic heterocycles. The fourth-order valence-corrected chi connectivity index (χ4v) is 2.08. The van der Waals surface area contributed by atoms with Crippen LogP contribution in [0.4, 0.5) is 26.3 Å². The lowest BCUT2D eigenvalue weighted by Crippen LogP contribution is -2.30. The van der Waals surface area contributed by atoms with Crippen molar-refractivity contribution in [1.29, 1.82) is 0 Å².